The molecule has 2 heterocycles. The van der Waals surface area contributed by atoms with Gasteiger partial charge in [0.1, 0.15) is 0 Å². The zero-order valence-electron chi connectivity index (χ0n) is 11.6. The van der Waals surface area contributed by atoms with Crippen LogP contribution in [0, 0.1) is 0 Å². The van der Waals surface area contributed by atoms with Crippen LogP contribution < -0.4 is 5.32 Å². The first-order valence-corrected chi connectivity index (χ1v) is 6.51. The van der Waals surface area contributed by atoms with Gasteiger partial charge in [0.25, 0.3) is 0 Å². The third kappa shape index (κ3) is 2.71. The van der Waals surface area contributed by atoms with Crippen molar-refractivity contribution in [3.63, 3.8) is 0 Å². The van der Waals surface area contributed by atoms with Crippen LogP contribution in [0.15, 0.2) is 6.20 Å². The van der Waals surface area contributed by atoms with E-state index in [0.717, 1.165) is 25.4 Å². The summed E-state index contributed by atoms with van der Waals surface area (Å²) in [6, 6.07) is 0.685. The highest BCUT2D eigenvalue weighted by atomic mass is 16.5. The number of nitrogens with zero attached hydrogens (tertiary/aromatic N) is 4. The lowest BCUT2D eigenvalue weighted by Gasteiger charge is -2.38. The number of nitrogens with one attached hydrogen (secondary N) is 1. The van der Waals surface area contributed by atoms with Gasteiger partial charge in [0.15, 0.2) is 0 Å². The Bertz CT molecular complexity index is 378. The zero-order chi connectivity index (χ0) is 13.1. The molecule has 0 radical (unpaired) electrons. The molecule has 1 saturated heterocycles. The molecule has 0 amide bonds. The molecular formula is C12H23N5O. The van der Waals surface area contributed by atoms with Gasteiger partial charge in [0.05, 0.1) is 30.6 Å². The van der Waals surface area contributed by atoms with Crippen molar-refractivity contribution in [2.75, 3.05) is 26.7 Å². The average molecular weight is 253 g/mol. The normalized spacial score (nSPS) is 23.5. The van der Waals surface area contributed by atoms with E-state index in [4.69, 9.17) is 4.74 Å². The fourth-order valence-corrected chi connectivity index (χ4v) is 2.47. The molecule has 0 bridgehead atoms. The van der Waals surface area contributed by atoms with Crippen LogP contribution in [-0.2, 0) is 11.8 Å². The molecule has 6 nitrogen and oxygen atoms in total. The fraction of sp³-hybridized carbons (Fsp3) is 0.833. The molecule has 1 aliphatic heterocycles. The summed E-state index contributed by atoms with van der Waals surface area (Å²) in [5.41, 5.74) is 1.06. The minimum absolute atomic E-state index is 0.131. The Kier molecular flexibility index (Phi) is 4.31. The topological polar surface area (TPSA) is 55.2 Å². The molecule has 2 unspecified atom stereocenters. The molecule has 1 fully saturated rings. The molecule has 102 valence electrons. The van der Waals surface area contributed by atoms with Crippen molar-refractivity contribution in [1.82, 2.24) is 25.2 Å². The monoisotopic (exact) mass is 253 g/mol. The maximum Gasteiger partial charge on any atom is 0.0912 e. The Morgan fingerprint density at radius 1 is 1.50 bits per heavy atom. The Hall–Kier alpha value is -0.980. The van der Waals surface area contributed by atoms with E-state index in [1.165, 1.54) is 0 Å². The third-order valence-corrected chi connectivity index (χ3v) is 3.61. The number of hydrogen-bond acceptors (Lipinski definition) is 5. The summed E-state index contributed by atoms with van der Waals surface area (Å²) in [7, 11) is 3.87. The average Bonchev–Trinajstić information content (AvgIpc) is 2.77. The lowest BCUT2D eigenvalue weighted by molar-refractivity contribution is -0.0561. The number of ether oxygens (including phenoxy) is 1. The molecule has 0 aromatic carbocycles. The highest BCUT2D eigenvalue weighted by molar-refractivity contribution is 5.05. The van der Waals surface area contributed by atoms with Crippen LogP contribution >= 0.6 is 0 Å². The number of rotatable bonds is 4. The molecule has 18 heavy (non-hydrogen) atoms. The summed E-state index contributed by atoms with van der Waals surface area (Å²) >= 11 is 0. The molecule has 1 aliphatic rings. The van der Waals surface area contributed by atoms with Crippen LogP contribution in [0.5, 0.6) is 0 Å². The predicted octanol–water partition coefficient (Wildman–Crippen LogP) is 0.185. The van der Waals surface area contributed by atoms with E-state index < -0.39 is 0 Å². The van der Waals surface area contributed by atoms with Crippen molar-refractivity contribution in [3.05, 3.63) is 11.9 Å². The lowest BCUT2D eigenvalue weighted by atomic mass is 10.1. The summed E-state index contributed by atoms with van der Waals surface area (Å²) in [6.07, 6.45) is 1.95. The smallest absolute Gasteiger partial charge is 0.0912 e. The minimum atomic E-state index is 0.131. The SMILES string of the molecule is CNC(c1cnnn1C)C1CN(C(C)C)CCO1. The number of likely N-dealkylation sites (N-methyl/N-ethyl adjacent to an activating group) is 1. The summed E-state index contributed by atoms with van der Waals surface area (Å²) in [6.45, 7) is 7.18. The van der Waals surface area contributed by atoms with Gasteiger partial charge < -0.3 is 10.1 Å². The molecule has 1 aromatic rings. The number of hydrogen-bond donors (Lipinski definition) is 1. The zero-order valence-corrected chi connectivity index (χ0v) is 11.6. The summed E-state index contributed by atoms with van der Waals surface area (Å²) in [4.78, 5) is 2.45. The summed E-state index contributed by atoms with van der Waals surface area (Å²) in [5.74, 6) is 0. The van der Waals surface area contributed by atoms with E-state index in [0.29, 0.717) is 6.04 Å². The standard InChI is InChI=1S/C12H23N5O/c1-9(2)17-5-6-18-11(8-17)12(13-3)10-7-14-15-16(10)4/h7,9,11-13H,5-6,8H2,1-4H3. The van der Waals surface area contributed by atoms with Gasteiger partial charge >= 0.3 is 0 Å². The maximum absolute atomic E-state index is 5.92. The van der Waals surface area contributed by atoms with E-state index in [1.807, 2.05) is 14.1 Å². The predicted molar refractivity (Wildman–Crippen MR) is 69.3 cm³/mol. The Morgan fingerprint density at radius 3 is 2.83 bits per heavy atom. The molecule has 0 aliphatic carbocycles. The van der Waals surface area contributed by atoms with Crippen LogP contribution in [0.3, 0.4) is 0 Å². The molecular weight excluding hydrogens is 230 g/mol. The molecule has 6 heteroatoms. The fourth-order valence-electron chi connectivity index (χ4n) is 2.47. The van der Waals surface area contributed by atoms with Gasteiger partial charge in [-0.05, 0) is 20.9 Å². The van der Waals surface area contributed by atoms with Crippen molar-refractivity contribution >= 4 is 0 Å². The van der Waals surface area contributed by atoms with Gasteiger partial charge in [-0.1, -0.05) is 5.21 Å². The van der Waals surface area contributed by atoms with Gasteiger partial charge in [-0.25, -0.2) is 0 Å². The number of aromatic nitrogens is 3. The van der Waals surface area contributed by atoms with Gasteiger partial charge in [0.2, 0.25) is 0 Å². The van der Waals surface area contributed by atoms with E-state index in [-0.39, 0.29) is 12.1 Å². The van der Waals surface area contributed by atoms with Crippen LogP contribution in [0.25, 0.3) is 0 Å². The van der Waals surface area contributed by atoms with Crippen molar-refractivity contribution in [1.29, 1.82) is 0 Å². The van der Waals surface area contributed by atoms with Crippen molar-refractivity contribution in [2.24, 2.45) is 7.05 Å². The molecule has 2 atom stereocenters. The second-order valence-electron chi connectivity index (χ2n) is 5.05. The molecule has 1 N–H and O–H groups in total. The molecule has 0 saturated carbocycles. The second-order valence-corrected chi connectivity index (χ2v) is 5.05. The van der Waals surface area contributed by atoms with Gasteiger partial charge in [-0.2, -0.15) is 0 Å². The first-order valence-electron chi connectivity index (χ1n) is 6.51. The maximum atomic E-state index is 5.92. The van der Waals surface area contributed by atoms with Crippen LogP contribution in [-0.4, -0.2) is 58.8 Å². The van der Waals surface area contributed by atoms with Crippen LogP contribution in [0.4, 0.5) is 0 Å². The van der Waals surface area contributed by atoms with Gasteiger partial charge in [-0.3, -0.25) is 9.58 Å². The molecule has 0 spiro atoms. The molecule has 2 rings (SSSR count). The number of morpholine rings is 1. The van der Waals surface area contributed by atoms with Crippen LogP contribution in [0.2, 0.25) is 0 Å². The lowest BCUT2D eigenvalue weighted by Crippen LogP contribution is -2.50. The van der Waals surface area contributed by atoms with Gasteiger partial charge in [0, 0.05) is 26.2 Å². The van der Waals surface area contributed by atoms with Crippen molar-refractivity contribution < 1.29 is 4.74 Å². The van der Waals surface area contributed by atoms with Crippen LogP contribution in [0.1, 0.15) is 25.6 Å². The largest absolute Gasteiger partial charge is 0.374 e. The summed E-state index contributed by atoms with van der Waals surface area (Å²) < 4.78 is 7.72. The van der Waals surface area contributed by atoms with Crippen molar-refractivity contribution in [2.45, 2.75) is 32.0 Å². The first-order chi connectivity index (χ1) is 8.63. The van der Waals surface area contributed by atoms with Gasteiger partial charge in [-0.15, -0.1) is 5.10 Å². The minimum Gasteiger partial charge on any atom is -0.374 e. The summed E-state index contributed by atoms with van der Waals surface area (Å²) in [5, 5.41) is 11.3. The van der Waals surface area contributed by atoms with E-state index >= 15 is 0 Å². The van der Waals surface area contributed by atoms with Crippen molar-refractivity contribution in [3.8, 4) is 0 Å². The Balaban J connectivity index is 2.11. The Morgan fingerprint density at radius 2 is 2.28 bits per heavy atom. The highest BCUT2D eigenvalue weighted by Crippen LogP contribution is 2.21. The highest BCUT2D eigenvalue weighted by Gasteiger charge is 2.31. The molecule has 1 aromatic heterocycles. The van der Waals surface area contributed by atoms with E-state index in [9.17, 15) is 0 Å². The number of aryl methyl sites for hydroxylation is 1. The third-order valence-electron chi connectivity index (χ3n) is 3.61. The Labute approximate surface area is 108 Å². The van der Waals surface area contributed by atoms with E-state index in [2.05, 4.69) is 34.4 Å². The first kappa shape index (κ1) is 13.5. The second kappa shape index (κ2) is 5.77. The quantitative estimate of drug-likeness (QED) is 0.830. The van der Waals surface area contributed by atoms with E-state index in [1.54, 1.807) is 10.9 Å².